The number of hydrogen-bond donors (Lipinski definition) is 1. The van der Waals surface area contributed by atoms with Gasteiger partial charge in [0.05, 0.1) is 40.1 Å². The lowest BCUT2D eigenvalue weighted by atomic mass is 9.97. The third-order valence-electron chi connectivity index (χ3n) is 7.20. The number of methoxy groups -OCH3 is 1. The van der Waals surface area contributed by atoms with Crippen molar-refractivity contribution in [2.24, 2.45) is 0 Å². The van der Waals surface area contributed by atoms with Crippen LogP contribution in [0.1, 0.15) is 22.3 Å². The standard InChI is InChI=1S/C35H38O7/c1-37-30-19-17-29(18-20-30)24-40-34-33(39-23-27-13-7-3-8-14-27)32(38-22-26-11-5-2-6-12-26)31(21-36)42-35(34)41-25-28-15-9-4-10-16-28/h2-20,31-36H,21-25H2,1H3/t31-,32-,33+,34-,35+/m1/s1. The molecule has 1 aliphatic heterocycles. The molecule has 220 valence electrons. The molecule has 1 saturated heterocycles. The van der Waals surface area contributed by atoms with E-state index < -0.39 is 30.7 Å². The SMILES string of the molecule is COc1ccc(CO[C@H]2[C@@H](OCc3ccccc3)O[C@H](CO)[C@@H](OCc3ccccc3)[C@@H]2OCc2ccccc2)cc1. The van der Waals surface area contributed by atoms with E-state index in [9.17, 15) is 5.11 Å². The van der Waals surface area contributed by atoms with Crippen molar-refractivity contribution in [3.05, 3.63) is 138 Å². The normalized spacial score (nSPS) is 22.1. The third kappa shape index (κ3) is 8.26. The van der Waals surface area contributed by atoms with Crippen molar-refractivity contribution in [2.45, 2.75) is 57.1 Å². The van der Waals surface area contributed by atoms with Crippen molar-refractivity contribution in [3.63, 3.8) is 0 Å². The predicted octanol–water partition coefficient (Wildman–Crippen LogP) is 5.69. The Kier molecular flexibility index (Phi) is 11.1. The van der Waals surface area contributed by atoms with Crippen LogP contribution in [0.15, 0.2) is 115 Å². The van der Waals surface area contributed by atoms with Crippen LogP contribution in [0, 0.1) is 0 Å². The summed E-state index contributed by atoms with van der Waals surface area (Å²) >= 11 is 0. The first-order valence-electron chi connectivity index (χ1n) is 14.2. The zero-order valence-electron chi connectivity index (χ0n) is 23.8. The highest BCUT2D eigenvalue weighted by atomic mass is 16.7. The van der Waals surface area contributed by atoms with Gasteiger partial charge < -0.3 is 33.5 Å². The maximum absolute atomic E-state index is 10.4. The van der Waals surface area contributed by atoms with Gasteiger partial charge in [-0.05, 0) is 34.4 Å². The summed E-state index contributed by atoms with van der Waals surface area (Å²) in [5, 5.41) is 10.4. The topological polar surface area (TPSA) is 75.6 Å². The second-order valence-electron chi connectivity index (χ2n) is 10.2. The molecule has 4 aromatic carbocycles. The molecule has 0 unspecified atom stereocenters. The summed E-state index contributed by atoms with van der Waals surface area (Å²) in [5.74, 6) is 0.771. The van der Waals surface area contributed by atoms with Gasteiger partial charge in [0.2, 0.25) is 0 Å². The van der Waals surface area contributed by atoms with Gasteiger partial charge in [-0.3, -0.25) is 0 Å². The van der Waals surface area contributed by atoms with Crippen LogP contribution >= 0.6 is 0 Å². The minimum Gasteiger partial charge on any atom is -0.497 e. The van der Waals surface area contributed by atoms with E-state index in [0.717, 1.165) is 28.0 Å². The van der Waals surface area contributed by atoms with Crippen molar-refractivity contribution in [3.8, 4) is 5.75 Å². The molecule has 0 amide bonds. The summed E-state index contributed by atoms with van der Waals surface area (Å²) in [5.41, 5.74) is 3.99. The Morgan fingerprint density at radius 1 is 0.524 bits per heavy atom. The average molecular weight is 571 g/mol. The van der Waals surface area contributed by atoms with Gasteiger partial charge in [-0.25, -0.2) is 0 Å². The summed E-state index contributed by atoms with van der Waals surface area (Å²) in [6, 6.07) is 37.5. The van der Waals surface area contributed by atoms with Crippen molar-refractivity contribution < 1.29 is 33.5 Å². The zero-order chi connectivity index (χ0) is 29.0. The van der Waals surface area contributed by atoms with Crippen molar-refractivity contribution in [1.29, 1.82) is 0 Å². The van der Waals surface area contributed by atoms with Crippen LogP contribution in [-0.2, 0) is 50.1 Å². The van der Waals surface area contributed by atoms with E-state index in [1.54, 1.807) is 7.11 Å². The Morgan fingerprint density at radius 3 is 1.43 bits per heavy atom. The first-order chi connectivity index (χ1) is 20.7. The average Bonchev–Trinajstić information content (AvgIpc) is 3.06. The second kappa shape index (κ2) is 15.6. The fraction of sp³-hybridized carbons (Fsp3) is 0.314. The number of hydrogen-bond acceptors (Lipinski definition) is 7. The summed E-state index contributed by atoms with van der Waals surface area (Å²) in [7, 11) is 1.64. The van der Waals surface area contributed by atoms with E-state index in [4.69, 9.17) is 28.4 Å². The van der Waals surface area contributed by atoms with Crippen LogP contribution in [0.5, 0.6) is 5.75 Å². The fourth-order valence-electron chi connectivity index (χ4n) is 4.93. The molecule has 0 radical (unpaired) electrons. The lowest BCUT2D eigenvalue weighted by molar-refractivity contribution is -0.329. The number of ether oxygens (including phenoxy) is 6. The van der Waals surface area contributed by atoms with E-state index in [1.165, 1.54) is 0 Å². The molecule has 4 aromatic rings. The van der Waals surface area contributed by atoms with Gasteiger partial charge in [-0.15, -0.1) is 0 Å². The van der Waals surface area contributed by atoms with E-state index >= 15 is 0 Å². The van der Waals surface area contributed by atoms with Gasteiger partial charge >= 0.3 is 0 Å². The predicted molar refractivity (Wildman–Crippen MR) is 159 cm³/mol. The van der Waals surface area contributed by atoms with E-state index in [0.29, 0.717) is 26.4 Å². The van der Waals surface area contributed by atoms with Crippen LogP contribution in [0.3, 0.4) is 0 Å². The largest absolute Gasteiger partial charge is 0.497 e. The number of rotatable bonds is 14. The van der Waals surface area contributed by atoms with Crippen LogP contribution in [0.4, 0.5) is 0 Å². The smallest absolute Gasteiger partial charge is 0.187 e. The zero-order valence-corrected chi connectivity index (χ0v) is 23.8. The monoisotopic (exact) mass is 570 g/mol. The molecule has 5 rings (SSSR count). The summed E-state index contributed by atoms with van der Waals surface area (Å²) in [6.07, 6.45) is -3.35. The second-order valence-corrected chi connectivity index (χ2v) is 10.2. The number of benzene rings is 4. The van der Waals surface area contributed by atoms with Crippen LogP contribution in [0.25, 0.3) is 0 Å². The van der Waals surface area contributed by atoms with Crippen molar-refractivity contribution in [1.82, 2.24) is 0 Å². The molecule has 5 atom stereocenters. The summed E-state index contributed by atoms with van der Waals surface area (Å²) in [4.78, 5) is 0. The first kappa shape index (κ1) is 29.9. The fourth-order valence-corrected chi connectivity index (χ4v) is 4.93. The lowest BCUT2D eigenvalue weighted by Crippen LogP contribution is -2.61. The van der Waals surface area contributed by atoms with E-state index in [2.05, 4.69) is 0 Å². The van der Waals surface area contributed by atoms with Crippen molar-refractivity contribution >= 4 is 0 Å². The van der Waals surface area contributed by atoms with Crippen LogP contribution in [0.2, 0.25) is 0 Å². The lowest BCUT2D eigenvalue weighted by Gasteiger charge is -2.45. The highest BCUT2D eigenvalue weighted by Crippen LogP contribution is 2.31. The van der Waals surface area contributed by atoms with Gasteiger partial charge in [0.25, 0.3) is 0 Å². The maximum atomic E-state index is 10.4. The molecule has 7 nitrogen and oxygen atoms in total. The molecular weight excluding hydrogens is 532 g/mol. The van der Waals surface area contributed by atoms with E-state index in [-0.39, 0.29) is 6.61 Å². The van der Waals surface area contributed by atoms with Crippen LogP contribution < -0.4 is 4.74 Å². The van der Waals surface area contributed by atoms with Gasteiger partial charge in [0.15, 0.2) is 6.29 Å². The summed E-state index contributed by atoms with van der Waals surface area (Å²) < 4.78 is 37.5. The quantitative estimate of drug-likeness (QED) is 0.209. The highest BCUT2D eigenvalue weighted by molar-refractivity contribution is 5.26. The molecule has 1 aliphatic rings. The molecule has 0 aliphatic carbocycles. The van der Waals surface area contributed by atoms with Crippen LogP contribution in [-0.4, -0.2) is 49.5 Å². The summed E-state index contributed by atoms with van der Waals surface area (Å²) in [6.45, 7) is 1.01. The number of aliphatic hydroxyl groups is 1. The third-order valence-corrected chi connectivity index (χ3v) is 7.20. The minimum absolute atomic E-state index is 0.263. The van der Waals surface area contributed by atoms with E-state index in [1.807, 2.05) is 115 Å². The molecule has 1 heterocycles. The Bertz CT molecular complexity index is 1300. The minimum atomic E-state index is -0.807. The van der Waals surface area contributed by atoms with Gasteiger partial charge in [0.1, 0.15) is 30.2 Å². The molecule has 7 heteroatoms. The Balaban J connectivity index is 1.41. The van der Waals surface area contributed by atoms with Crippen molar-refractivity contribution in [2.75, 3.05) is 13.7 Å². The first-order valence-corrected chi connectivity index (χ1v) is 14.2. The Hall–Kier alpha value is -3.56. The Morgan fingerprint density at radius 2 is 0.952 bits per heavy atom. The molecule has 1 N–H and O–H groups in total. The van der Waals surface area contributed by atoms with Gasteiger partial charge in [0, 0.05) is 0 Å². The maximum Gasteiger partial charge on any atom is 0.187 e. The molecule has 0 spiro atoms. The molecule has 0 bridgehead atoms. The van der Waals surface area contributed by atoms with Gasteiger partial charge in [-0.1, -0.05) is 103 Å². The Labute approximate surface area is 247 Å². The molecule has 42 heavy (non-hydrogen) atoms. The molecule has 1 fully saturated rings. The molecular formula is C35H38O7. The molecule has 0 saturated carbocycles. The molecule has 0 aromatic heterocycles. The highest BCUT2D eigenvalue weighted by Gasteiger charge is 2.48. The van der Waals surface area contributed by atoms with Gasteiger partial charge in [-0.2, -0.15) is 0 Å². The number of aliphatic hydroxyl groups excluding tert-OH is 1.